The number of nitrogens with one attached hydrogen (secondary N) is 2. The predicted molar refractivity (Wildman–Crippen MR) is 150 cm³/mol. The van der Waals surface area contributed by atoms with Crippen molar-refractivity contribution in [3.05, 3.63) is 88.3 Å². The van der Waals surface area contributed by atoms with Crippen LogP contribution in [0.25, 0.3) is 11.3 Å². The van der Waals surface area contributed by atoms with E-state index in [1.165, 1.54) is 10.8 Å². The van der Waals surface area contributed by atoms with Gasteiger partial charge in [-0.15, -0.1) is 10.2 Å². The third-order valence-electron chi connectivity index (χ3n) is 6.65. The van der Waals surface area contributed by atoms with Gasteiger partial charge in [-0.05, 0) is 43.9 Å². The second-order valence-electron chi connectivity index (χ2n) is 10.4. The summed E-state index contributed by atoms with van der Waals surface area (Å²) >= 11 is 0. The van der Waals surface area contributed by atoms with Crippen molar-refractivity contribution in [1.29, 1.82) is 0 Å². The molecule has 0 saturated heterocycles. The van der Waals surface area contributed by atoms with E-state index in [9.17, 15) is 14.4 Å². The number of aromatic nitrogens is 5. The zero-order valence-electron chi connectivity index (χ0n) is 23.4. The van der Waals surface area contributed by atoms with Gasteiger partial charge in [0.25, 0.3) is 11.4 Å². The van der Waals surface area contributed by atoms with Gasteiger partial charge in [0.15, 0.2) is 5.82 Å². The van der Waals surface area contributed by atoms with E-state index < -0.39 is 28.7 Å². The van der Waals surface area contributed by atoms with Crippen molar-refractivity contribution in [2.45, 2.75) is 52.6 Å². The lowest BCUT2D eigenvalue weighted by Crippen LogP contribution is -2.46. The van der Waals surface area contributed by atoms with Gasteiger partial charge in [0.1, 0.15) is 6.54 Å². The number of anilines is 1. The number of aryl methyl sites for hydroxylation is 1. The number of pyridine rings is 1. The van der Waals surface area contributed by atoms with E-state index in [0.717, 1.165) is 11.1 Å². The Morgan fingerprint density at radius 2 is 1.75 bits per heavy atom. The van der Waals surface area contributed by atoms with Crippen LogP contribution in [0.1, 0.15) is 55.5 Å². The number of nitrogens with zero attached hydrogens (tertiary/aromatic N) is 5. The predicted octanol–water partition coefficient (Wildman–Crippen LogP) is 3.39. The summed E-state index contributed by atoms with van der Waals surface area (Å²) in [6, 6.07) is 12.0. The minimum absolute atomic E-state index is 0.105. The number of carbonyl (C=O) groups excluding carboxylic acids is 2. The molecule has 3 aromatic heterocycles. The molecule has 1 amide bonds. The summed E-state index contributed by atoms with van der Waals surface area (Å²) in [4.78, 5) is 48.4. The largest absolute Gasteiger partial charge is 0.417 e. The lowest BCUT2D eigenvalue weighted by molar-refractivity contribution is -0.122. The molecule has 2 N–H and O–H groups in total. The second kappa shape index (κ2) is 11.6. The molecule has 0 radical (unpaired) electrons. The maximum atomic E-state index is 13.4. The Morgan fingerprint density at radius 1 is 1.02 bits per heavy atom. The molecular weight excluding hydrogens is 510 g/mol. The number of ketones is 1. The van der Waals surface area contributed by atoms with Crippen molar-refractivity contribution >= 4 is 17.5 Å². The van der Waals surface area contributed by atoms with Crippen LogP contribution in [-0.4, -0.2) is 49.5 Å². The van der Waals surface area contributed by atoms with E-state index in [4.69, 9.17) is 4.42 Å². The summed E-state index contributed by atoms with van der Waals surface area (Å²) < 4.78 is 7.14. The van der Waals surface area contributed by atoms with E-state index in [-0.39, 0.29) is 30.1 Å². The van der Waals surface area contributed by atoms with Crippen molar-refractivity contribution in [3.63, 3.8) is 0 Å². The first-order valence-electron chi connectivity index (χ1n) is 13.0. The molecule has 4 aromatic rings. The topological polar surface area (TPSA) is 145 Å². The number of carbonyl (C=O) groups is 2. The van der Waals surface area contributed by atoms with Crippen LogP contribution < -0.4 is 16.2 Å². The van der Waals surface area contributed by atoms with E-state index in [1.54, 1.807) is 27.1 Å². The Hall–Kier alpha value is -4.67. The molecule has 0 bridgehead atoms. The molecule has 208 valence electrons. The SMILES string of the molecule is CNc1ncc(-c2ccccc2)n(CC(=O)N[C@@H](C(=O)c2nnc(C(C)(C)c3ccc(C)cn3)o2)C(C)C)c1=O. The van der Waals surface area contributed by atoms with Crippen molar-refractivity contribution < 1.29 is 14.0 Å². The fourth-order valence-electron chi connectivity index (χ4n) is 4.21. The lowest BCUT2D eigenvalue weighted by Gasteiger charge is -2.21. The molecule has 11 heteroatoms. The molecule has 0 aliphatic carbocycles. The number of rotatable bonds is 10. The smallest absolute Gasteiger partial charge is 0.294 e. The molecular formula is C29H33N7O4. The monoisotopic (exact) mass is 543 g/mol. The number of hydrogen-bond acceptors (Lipinski definition) is 9. The average molecular weight is 544 g/mol. The Labute approximate surface area is 232 Å². The Morgan fingerprint density at radius 3 is 2.38 bits per heavy atom. The number of hydrogen-bond donors (Lipinski definition) is 2. The molecule has 0 aliphatic rings. The first-order valence-corrected chi connectivity index (χ1v) is 13.0. The van der Waals surface area contributed by atoms with Crippen molar-refractivity contribution in [2.24, 2.45) is 5.92 Å². The number of amides is 1. The molecule has 3 heterocycles. The minimum atomic E-state index is -0.956. The van der Waals surface area contributed by atoms with Crippen LogP contribution in [0, 0.1) is 12.8 Å². The summed E-state index contributed by atoms with van der Waals surface area (Å²) in [5.74, 6) is -1.21. The van der Waals surface area contributed by atoms with Crippen LogP contribution in [0.2, 0.25) is 0 Å². The van der Waals surface area contributed by atoms with Crippen molar-refractivity contribution in [2.75, 3.05) is 12.4 Å². The van der Waals surface area contributed by atoms with E-state index in [1.807, 2.05) is 63.2 Å². The zero-order chi connectivity index (χ0) is 29.0. The van der Waals surface area contributed by atoms with E-state index >= 15 is 0 Å². The average Bonchev–Trinajstić information content (AvgIpc) is 3.44. The number of benzene rings is 1. The summed E-state index contributed by atoms with van der Waals surface area (Å²) in [7, 11) is 1.58. The molecule has 40 heavy (non-hydrogen) atoms. The second-order valence-corrected chi connectivity index (χ2v) is 10.4. The van der Waals surface area contributed by atoms with Crippen molar-refractivity contribution in [3.8, 4) is 11.3 Å². The third kappa shape index (κ3) is 5.83. The molecule has 0 aliphatic heterocycles. The summed E-state index contributed by atoms with van der Waals surface area (Å²) in [6.45, 7) is 8.98. The molecule has 11 nitrogen and oxygen atoms in total. The van der Waals surface area contributed by atoms with Gasteiger partial charge in [0, 0.05) is 13.2 Å². The van der Waals surface area contributed by atoms with Crippen LogP contribution in [0.4, 0.5) is 5.82 Å². The van der Waals surface area contributed by atoms with Gasteiger partial charge in [-0.25, -0.2) is 4.98 Å². The Kier molecular flexibility index (Phi) is 8.22. The maximum absolute atomic E-state index is 13.4. The molecule has 0 fully saturated rings. The highest BCUT2D eigenvalue weighted by atomic mass is 16.4. The third-order valence-corrected chi connectivity index (χ3v) is 6.65. The van der Waals surface area contributed by atoms with Gasteiger partial charge in [-0.3, -0.25) is 23.9 Å². The van der Waals surface area contributed by atoms with Crippen LogP contribution in [0.5, 0.6) is 0 Å². The van der Waals surface area contributed by atoms with E-state index in [2.05, 4.69) is 30.8 Å². The van der Waals surface area contributed by atoms with Crippen LogP contribution in [0.15, 0.2) is 64.1 Å². The molecule has 1 aromatic carbocycles. The van der Waals surface area contributed by atoms with Gasteiger partial charge in [0.2, 0.25) is 17.6 Å². The molecule has 4 rings (SSSR count). The van der Waals surface area contributed by atoms with E-state index in [0.29, 0.717) is 11.4 Å². The summed E-state index contributed by atoms with van der Waals surface area (Å²) in [5, 5.41) is 13.6. The van der Waals surface area contributed by atoms with Gasteiger partial charge in [-0.2, -0.15) is 0 Å². The first-order chi connectivity index (χ1) is 19.0. The highest BCUT2D eigenvalue weighted by Gasteiger charge is 2.35. The number of Topliss-reactive ketones (excluding diaryl/α,β-unsaturated/α-hetero) is 1. The van der Waals surface area contributed by atoms with Gasteiger partial charge in [0.05, 0.1) is 29.0 Å². The fourth-order valence-corrected chi connectivity index (χ4v) is 4.21. The van der Waals surface area contributed by atoms with Gasteiger partial charge >= 0.3 is 0 Å². The lowest BCUT2D eigenvalue weighted by atomic mass is 9.88. The highest BCUT2D eigenvalue weighted by Crippen LogP contribution is 2.29. The highest BCUT2D eigenvalue weighted by molar-refractivity contribution is 5.98. The standard InChI is InChI=1S/C29H33N7O4/c1-17(2)23(24(38)26-34-35-28(40-26)29(4,5)21-13-12-18(3)14-31-21)33-22(37)16-36-20(19-10-8-7-9-11-19)15-32-25(30-6)27(36)39/h7-15,17,23H,16H2,1-6H3,(H,30,32)(H,33,37)/t23-/m1/s1. The zero-order valence-corrected chi connectivity index (χ0v) is 23.4. The minimum Gasteiger partial charge on any atom is -0.417 e. The summed E-state index contributed by atoms with van der Waals surface area (Å²) in [5.41, 5.74) is 1.73. The molecule has 0 unspecified atom stereocenters. The van der Waals surface area contributed by atoms with Crippen molar-refractivity contribution in [1.82, 2.24) is 30.0 Å². The summed E-state index contributed by atoms with van der Waals surface area (Å²) in [6.07, 6.45) is 3.28. The molecule has 0 saturated carbocycles. The van der Waals surface area contributed by atoms with Crippen LogP contribution in [-0.2, 0) is 16.8 Å². The van der Waals surface area contributed by atoms with Crippen LogP contribution >= 0.6 is 0 Å². The maximum Gasteiger partial charge on any atom is 0.294 e. The molecule has 1 atom stereocenters. The first kappa shape index (κ1) is 28.3. The van der Waals surface area contributed by atoms with Crippen LogP contribution in [0.3, 0.4) is 0 Å². The fraction of sp³-hybridized carbons (Fsp3) is 0.345. The quantitative estimate of drug-likeness (QED) is 0.288. The van der Waals surface area contributed by atoms with Gasteiger partial charge < -0.3 is 15.1 Å². The Balaban J connectivity index is 1.57. The van der Waals surface area contributed by atoms with Gasteiger partial charge in [-0.1, -0.05) is 50.2 Å². The Bertz CT molecular complexity index is 1560. The molecule has 0 spiro atoms. The normalized spacial score (nSPS) is 12.3.